The Morgan fingerprint density at radius 1 is 1.11 bits per heavy atom. The summed E-state index contributed by atoms with van der Waals surface area (Å²) in [5.41, 5.74) is 2.69. The molecule has 2 aliphatic rings. The van der Waals surface area contributed by atoms with Crippen molar-refractivity contribution in [1.82, 2.24) is 15.6 Å². The molecule has 1 aromatic carbocycles. The third-order valence-electron chi connectivity index (χ3n) is 5.86. The number of nitrogens with zero attached hydrogens (tertiary/aromatic N) is 1. The van der Waals surface area contributed by atoms with Gasteiger partial charge in [0.1, 0.15) is 6.23 Å². The van der Waals surface area contributed by atoms with Crippen molar-refractivity contribution in [3.05, 3.63) is 53.3 Å². The van der Waals surface area contributed by atoms with Crippen LogP contribution in [0.25, 0.3) is 11.1 Å². The summed E-state index contributed by atoms with van der Waals surface area (Å²) in [6, 6.07) is 9.29. The molecule has 4 rings (SSSR count). The van der Waals surface area contributed by atoms with E-state index in [9.17, 15) is 13.2 Å². The highest BCUT2D eigenvalue weighted by Gasteiger charge is 2.48. The molecule has 3 heterocycles. The maximum absolute atomic E-state index is 12.8. The Kier molecular flexibility index (Phi) is 4.93. The van der Waals surface area contributed by atoms with E-state index < -0.39 is 11.7 Å². The minimum atomic E-state index is -4.33. The molecule has 2 aromatic rings. The van der Waals surface area contributed by atoms with Crippen molar-refractivity contribution >= 4 is 0 Å². The van der Waals surface area contributed by atoms with Crippen molar-refractivity contribution in [3.63, 3.8) is 0 Å². The fraction of sp³-hybridized carbons (Fsp3) is 0.476. The molecular weight excluding hydrogens is 367 g/mol. The smallest absolute Gasteiger partial charge is 0.365 e. The van der Waals surface area contributed by atoms with E-state index in [4.69, 9.17) is 9.72 Å². The van der Waals surface area contributed by atoms with E-state index in [0.717, 1.165) is 60.5 Å². The average molecular weight is 391 g/mol. The molecule has 3 atom stereocenters. The zero-order chi connectivity index (χ0) is 19.9. The van der Waals surface area contributed by atoms with Crippen molar-refractivity contribution < 1.29 is 17.9 Å². The summed E-state index contributed by atoms with van der Waals surface area (Å²) in [4.78, 5) is 4.70. The lowest BCUT2D eigenvalue weighted by Crippen LogP contribution is -2.51. The number of hydrogen-bond donors (Lipinski definition) is 2. The summed E-state index contributed by atoms with van der Waals surface area (Å²) in [6.45, 7) is 2.83. The summed E-state index contributed by atoms with van der Waals surface area (Å²) in [5, 5.41) is 7.10. The van der Waals surface area contributed by atoms with Crippen LogP contribution in [0.3, 0.4) is 0 Å². The van der Waals surface area contributed by atoms with Crippen LogP contribution in [0.4, 0.5) is 13.2 Å². The summed E-state index contributed by atoms with van der Waals surface area (Å²) < 4.78 is 44.1. The first-order valence-corrected chi connectivity index (χ1v) is 9.51. The van der Waals surface area contributed by atoms with E-state index >= 15 is 0 Å². The molecule has 0 radical (unpaired) electrons. The van der Waals surface area contributed by atoms with Gasteiger partial charge in [0.05, 0.1) is 22.8 Å². The van der Waals surface area contributed by atoms with Gasteiger partial charge in [-0.1, -0.05) is 12.1 Å². The molecule has 2 fully saturated rings. The monoisotopic (exact) mass is 391 g/mol. The van der Waals surface area contributed by atoms with Gasteiger partial charge in [-0.3, -0.25) is 15.6 Å². The van der Waals surface area contributed by atoms with Crippen molar-refractivity contribution in [2.45, 2.75) is 50.2 Å². The maximum Gasteiger partial charge on any atom is 0.416 e. The minimum Gasteiger partial charge on any atom is -0.365 e. The fourth-order valence-electron chi connectivity index (χ4n) is 4.47. The first kappa shape index (κ1) is 19.4. The van der Waals surface area contributed by atoms with Crippen LogP contribution in [0.2, 0.25) is 0 Å². The van der Waals surface area contributed by atoms with Crippen molar-refractivity contribution in [2.75, 3.05) is 13.7 Å². The van der Waals surface area contributed by atoms with E-state index in [1.54, 1.807) is 7.11 Å². The molecule has 2 saturated heterocycles. The highest BCUT2D eigenvalue weighted by atomic mass is 19.4. The maximum atomic E-state index is 12.8. The molecular formula is C21H24F3N3O. The topological polar surface area (TPSA) is 46.2 Å². The Labute approximate surface area is 162 Å². The van der Waals surface area contributed by atoms with Crippen LogP contribution >= 0.6 is 0 Å². The Balaban J connectivity index is 1.60. The quantitative estimate of drug-likeness (QED) is 0.823. The Bertz CT molecular complexity index is 853. The highest BCUT2D eigenvalue weighted by Crippen LogP contribution is 2.40. The van der Waals surface area contributed by atoms with Gasteiger partial charge >= 0.3 is 6.18 Å². The van der Waals surface area contributed by atoms with E-state index in [-0.39, 0.29) is 17.8 Å². The predicted octanol–water partition coefficient (Wildman–Crippen LogP) is 4.20. The summed E-state index contributed by atoms with van der Waals surface area (Å²) in [7, 11) is 1.72. The van der Waals surface area contributed by atoms with Crippen LogP contribution in [0.15, 0.2) is 36.4 Å². The lowest BCUT2D eigenvalue weighted by Gasteiger charge is -2.31. The summed E-state index contributed by atoms with van der Waals surface area (Å²) >= 11 is 0. The van der Waals surface area contributed by atoms with E-state index in [1.807, 2.05) is 19.1 Å². The Morgan fingerprint density at radius 3 is 2.54 bits per heavy atom. The normalized spacial score (nSPS) is 27.6. The van der Waals surface area contributed by atoms with Gasteiger partial charge in [0.25, 0.3) is 0 Å². The number of rotatable bonds is 3. The summed E-state index contributed by atoms with van der Waals surface area (Å²) in [5.74, 6) is 0. The van der Waals surface area contributed by atoms with Crippen molar-refractivity contribution in [1.29, 1.82) is 0 Å². The number of alkyl halides is 3. The number of pyridine rings is 1. The number of benzene rings is 1. The van der Waals surface area contributed by atoms with Crippen molar-refractivity contribution in [2.24, 2.45) is 0 Å². The van der Waals surface area contributed by atoms with Crippen LogP contribution in [0, 0.1) is 6.92 Å². The molecule has 28 heavy (non-hydrogen) atoms. The van der Waals surface area contributed by atoms with Gasteiger partial charge in [-0.2, -0.15) is 13.2 Å². The SMILES string of the molecule is COC1NCC[C@@]12CC[C@@H](c1cc(-c3ccc(C(F)(F)F)cc3)cc(C)n1)N2. The van der Waals surface area contributed by atoms with Gasteiger partial charge in [-0.15, -0.1) is 0 Å². The second kappa shape index (κ2) is 7.13. The first-order valence-electron chi connectivity index (χ1n) is 9.51. The fourth-order valence-corrected chi connectivity index (χ4v) is 4.47. The third kappa shape index (κ3) is 3.54. The molecule has 0 amide bonds. The number of halogens is 3. The zero-order valence-electron chi connectivity index (χ0n) is 15.9. The van der Waals surface area contributed by atoms with Gasteiger partial charge in [-0.05, 0) is 68.1 Å². The van der Waals surface area contributed by atoms with Gasteiger partial charge < -0.3 is 4.74 Å². The van der Waals surface area contributed by atoms with Crippen LogP contribution in [0.1, 0.15) is 42.3 Å². The molecule has 1 unspecified atom stereocenters. The Morgan fingerprint density at radius 2 is 1.86 bits per heavy atom. The lowest BCUT2D eigenvalue weighted by molar-refractivity contribution is -0.137. The standard InChI is InChI=1S/C21H24F3N3O/c1-13-11-15(14-3-5-16(6-4-14)21(22,23)24)12-18(26-13)17-7-8-20(27-17)9-10-25-19(20)28-2/h3-6,11-12,17,19,25,27H,7-10H2,1-2H3/t17-,19?,20-/m0/s1. The number of hydrogen-bond acceptors (Lipinski definition) is 4. The molecule has 0 aliphatic carbocycles. The second-order valence-corrected chi connectivity index (χ2v) is 7.71. The molecule has 1 spiro atoms. The van der Waals surface area contributed by atoms with E-state index in [0.29, 0.717) is 0 Å². The minimum absolute atomic E-state index is 0.0170. The van der Waals surface area contributed by atoms with Gasteiger partial charge in [0, 0.05) is 12.8 Å². The molecule has 0 bridgehead atoms. The van der Waals surface area contributed by atoms with Crippen LogP contribution in [0.5, 0.6) is 0 Å². The van der Waals surface area contributed by atoms with Gasteiger partial charge in [0.15, 0.2) is 0 Å². The number of aryl methyl sites for hydroxylation is 1. The molecule has 2 aliphatic heterocycles. The predicted molar refractivity (Wildman–Crippen MR) is 101 cm³/mol. The number of nitrogens with one attached hydrogen (secondary N) is 2. The lowest BCUT2D eigenvalue weighted by atomic mass is 9.95. The molecule has 2 N–H and O–H groups in total. The largest absolute Gasteiger partial charge is 0.416 e. The van der Waals surface area contributed by atoms with Crippen LogP contribution in [-0.2, 0) is 10.9 Å². The average Bonchev–Trinajstić information content (AvgIpc) is 3.27. The van der Waals surface area contributed by atoms with Crippen LogP contribution < -0.4 is 10.6 Å². The highest BCUT2D eigenvalue weighted by molar-refractivity contribution is 5.64. The van der Waals surface area contributed by atoms with E-state index in [1.165, 1.54) is 12.1 Å². The van der Waals surface area contributed by atoms with Crippen LogP contribution in [-0.4, -0.2) is 30.4 Å². The third-order valence-corrected chi connectivity index (χ3v) is 5.86. The van der Waals surface area contributed by atoms with Gasteiger partial charge in [0.2, 0.25) is 0 Å². The van der Waals surface area contributed by atoms with Crippen molar-refractivity contribution in [3.8, 4) is 11.1 Å². The number of aromatic nitrogens is 1. The molecule has 7 heteroatoms. The zero-order valence-corrected chi connectivity index (χ0v) is 15.9. The molecule has 150 valence electrons. The Hall–Kier alpha value is -1.96. The number of methoxy groups -OCH3 is 1. The summed E-state index contributed by atoms with van der Waals surface area (Å²) in [6.07, 6.45) is -1.40. The van der Waals surface area contributed by atoms with Gasteiger partial charge in [-0.25, -0.2) is 0 Å². The molecule has 4 nitrogen and oxygen atoms in total. The second-order valence-electron chi connectivity index (χ2n) is 7.71. The first-order chi connectivity index (χ1) is 13.3. The number of ether oxygens (including phenoxy) is 1. The van der Waals surface area contributed by atoms with E-state index in [2.05, 4.69) is 10.6 Å². The molecule has 1 aromatic heterocycles. The molecule has 0 saturated carbocycles.